The van der Waals surface area contributed by atoms with Gasteiger partial charge in [0.15, 0.2) is 41.2 Å². The van der Waals surface area contributed by atoms with E-state index in [1.54, 1.807) is 24.3 Å². The maximum absolute atomic E-state index is 14.8. The van der Waals surface area contributed by atoms with Crippen LogP contribution in [-0.2, 0) is 43.6 Å². The van der Waals surface area contributed by atoms with Gasteiger partial charge in [0.2, 0.25) is 5.71 Å². The van der Waals surface area contributed by atoms with Crippen molar-refractivity contribution >= 4 is 45.5 Å². The molecule has 0 bridgehead atoms. The van der Waals surface area contributed by atoms with E-state index >= 15 is 0 Å². The van der Waals surface area contributed by atoms with Crippen LogP contribution in [0.4, 0.5) is 5.13 Å². The van der Waals surface area contributed by atoms with E-state index in [1.165, 1.54) is 19.6 Å². The van der Waals surface area contributed by atoms with Crippen molar-refractivity contribution in [1.82, 2.24) is 4.98 Å². The van der Waals surface area contributed by atoms with Gasteiger partial charge in [-0.05, 0) is 27.8 Å². The summed E-state index contributed by atoms with van der Waals surface area (Å²) in [5.41, 5.74) is 2.30. The molecule has 0 aliphatic rings. The lowest BCUT2D eigenvalue weighted by molar-refractivity contribution is -0.162. The summed E-state index contributed by atoms with van der Waals surface area (Å²) in [6, 6.07) is 49.8. The number of hydrogen-bond donors (Lipinski definition) is 2. The number of aromatic nitrogens is 1. The highest BCUT2D eigenvalue weighted by Gasteiger charge is 2.39. The van der Waals surface area contributed by atoms with Crippen LogP contribution in [-0.4, -0.2) is 82.0 Å². The van der Waals surface area contributed by atoms with E-state index in [2.05, 4.69) is 16.5 Å². The standard InChI is InChI=1S/C52H48N4O11S2/c1-60-28-30-62-34-64-45-42(32-53)69-48(46(45)65-35-63-31-29-61-2)47(50(59)66-44(36-18-8-3-9-19-36)37-20-10-4-11-21-37)67-56-43(49(57)58)41-33-68-51(54-41)55-52(38-22-12-5-13-23-38,39-24-14-6-15-25-39)40-26-16-7-17-27-40/h3-27,33,44,47H,28-31,34-35H2,1-2H3,(H,54,55)(H,57,58)/b56-43-. The molecule has 2 aromatic heterocycles. The summed E-state index contributed by atoms with van der Waals surface area (Å²) in [5.74, 6) is -2.70. The number of nitrogens with one attached hydrogen (secondary N) is 1. The van der Waals surface area contributed by atoms with Crippen LogP contribution in [0.5, 0.6) is 11.5 Å². The number of oxime groups is 1. The van der Waals surface area contributed by atoms with E-state index in [-0.39, 0.29) is 67.0 Å². The van der Waals surface area contributed by atoms with Crippen LogP contribution in [0.15, 0.2) is 162 Å². The van der Waals surface area contributed by atoms with E-state index in [1.807, 2.05) is 127 Å². The molecule has 7 rings (SSSR count). The van der Waals surface area contributed by atoms with Gasteiger partial charge in [0.1, 0.15) is 22.2 Å². The van der Waals surface area contributed by atoms with Gasteiger partial charge in [-0.3, -0.25) is 0 Å². The van der Waals surface area contributed by atoms with Crippen LogP contribution in [0.2, 0.25) is 0 Å². The Hall–Kier alpha value is -7.43. The number of carbonyl (C=O) groups excluding carboxylic acids is 1. The molecule has 0 aliphatic heterocycles. The Bertz CT molecular complexity index is 2640. The van der Waals surface area contributed by atoms with Gasteiger partial charge in [0.05, 0.1) is 26.4 Å². The van der Waals surface area contributed by atoms with Gasteiger partial charge < -0.3 is 48.4 Å². The summed E-state index contributed by atoms with van der Waals surface area (Å²) >= 11 is 1.96. The van der Waals surface area contributed by atoms with E-state index in [9.17, 15) is 20.0 Å². The first kappa shape index (κ1) is 49.5. The molecule has 7 aromatic rings. The second-order valence-corrected chi connectivity index (χ2v) is 16.7. The molecule has 0 amide bonds. The zero-order valence-electron chi connectivity index (χ0n) is 37.6. The SMILES string of the molecule is COCCOCOc1c(C#N)sc(C(O/N=C(\C(=O)O)c2csc(NC(c3ccccc3)(c3ccccc3)c3ccccc3)n2)C(=O)OC(c2ccccc2)c2ccccc2)c1OCOCCOC. The van der Waals surface area contributed by atoms with Crippen molar-refractivity contribution < 1.29 is 52.7 Å². The van der Waals surface area contributed by atoms with Gasteiger partial charge in [0, 0.05) is 19.6 Å². The summed E-state index contributed by atoms with van der Waals surface area (Å²) in [6.45, 7) is 0.166. The highest BCUT2D eigenvalue weighted by molar-refractivity contribution is 7.14. The number of benzene rings is 5. The fraction of sp³-hybridized carbons (Fsp3) is 0.212. The molecular formula is C52H48N4O11S2. The van der Waals surface area contributed by atoms with Crippen LogP contribution in [0.1, 0.15) is 55.5 Å². The quantitative estimate of drug-likeness (QED) is 0.0130. The maximum Gasteiger partial charge on any atom is 0.360 e. The van der Waals surface area contributed by atoms with E-state index in [0.717, 1.165) is 39.4 Å². The first-order valence-electron chi connectivity index (χ1n) is 21.5. The Morgan fingerprint density at radius 1 is 0.710 bits per heavy atom. The number of carboxylic acids is 1. The molecule has 0 fully saturated rings. The van der Waals surface area contributed by atoms with Crippen molar-refractivity contribution in [3.63, 3.8) is 0 Å². The number of hydrogen-bond acceptors (Lipinski definition) is 16. The van der Waals surface area contributed by atoms with Gasteiger partial charge >= 0.3 is 11.9 Å². The van der Waals surface area contributed by atoms with Crippen molar-refractivity contribution in [2.24, 2.45) is 5.16 Å². The summed E-state index contributed by atoms with van der Waals surface area (Å²) in [4.78, 5) is 38.8. The number of thiazole rings is 1. The summed E-state index contributed by atoms with van der Waals surface area (Å²) in [6.07, 6.45) is -2.80. The Balaban J connectivity index is 1.30. The first-order chi connectivity index (χ1) is 33.9. The topological polar surface area (TPSA) is 189 Å². The van der Waals surface area contributed by atoms with Crippen LogP contribution >= 0.6 is 22.7 Å². The summed E-state index contributed by atoms with van der Waals surface area (Å²) < 4.78 is 39.6. The van der Waals surface area contributed by atoms with Crippen molar-refractivity contribution in [2.45, 2.75) is 17.7 Å². The number of methoxy groups -OCH3 is 2. The first-order valence-corrected chi connectivity index (χ1v) is 23.2. The Kier molecular flexibility index (Phi) is 18.0. The monoisotopic (exact) mass is 968 g/mol. The number of carbonyl (C=O) groups is 2. The molecule has 15 nitrogen and oxygen atoms in total. The third-order valence-electron chi connectivity index (χ3n) is 10.4. The molecule has 17 heteroatoms. The molecule has 0 aliphatic carbocycles. The molecule has 1 unspecified atom stereocenters. The second-order valence-electron chi connectivity index (χ2n) is 14.8. The van der Waals surface area contributed by atoms with Crippen LogP contribution in [0.25, 0.3) is 0 Å². The Morgan fingerprint density at radius 2 is 1.19 bits per heavy atom. The fourth-order valence-corrected chi connectivity index (χ4v) is 8.93. The lowest BCUT2D eigenvalue weighted by atomic mass is 9.77. The highest BCUT2D eigenvalue weighted by atomic mass is 32.1. The molecule has 0 saturated carbocycles. The predicted octanol–water partition coefficient (Wildman–Crippen LogP) is 9.36. The van der Waals surface area contributed by atoms with Crippen molar-refractivity contribution in [3.05, 3.63) is 200 Å². The van der Waals surface area contributed by atoms with Gasteiger partial charge in [-0.15, -0.1) is 22.7 Å². The maximum atomic E-state index is 14.8. The molecule has 354 valence electrons. The normalized spacial score (nSPS) is 11.9. The molecule has 2 N–H and O–H groups in total. The van der Waals surface area contributed by atoms with Gasteiger partial charge in [-0.25, -0.2) is 14.6 Å². The van der Waals surface area contributed by atoms with Crippen LogP contribution in [0.3, 0.4) is 0 Å². The number of nitrogens with zero attached hydrogens (tertiary/aromatic N) is 3. The van der Waals surface area contributed by atoms with Gasteiger partial charge in [0.25, 0.3) is 6.10 Å². The van der Waals surface area contributed by atoms with Crippen molar-refractivity contribution in [2.75, 3.05) is 59.5 Å². The number of nitriles is 1. The average Bonchev–Trinajstić information content (AvgIpc) is 4.00. The number of thiophene rings is 1. The number of carboxylic acid groups (broad SMARTS) is 1. The fourth-order valence-electron chi connectivity index (χ4n) is 7.18. The van der Waals surface area contributed by atoms with E-state index in [0.29, 0.717) is 16.3 Å². The largest absolute Gasteiger partial charge is 0.476 e. The highest BCUT2D eigenvalue weighted by Crippen LogP contribution is 2.47. The lowest BCUT2D eigenvalue weighted by Crippen LogP contribution is -2.38. The third kappa shape index (κ3) is 12.4. The van der Waals surface area contributed by atoms with Gasteiger partial charge in [-0.2, -0.15) is 5.26 Å². The summed E-state index contributed by atoms with van der Waals surface area (Å²) in [7, 11) is 3.04. The molecule has 5 aromatic carbocycles. The van der Waals surface area contributed by atoms with E-state index in [4.69, 9.17) is 43.0 Å². The molecular weight excluding hydrogens is 921 g/mol. The molecule has 0 spiro atoms. The summed E-state index contributed by atoms with van der Waals surface area (Å²) in [5, 5.41) is 30.8. The van der Waals surface area contributed by atoms with Crippen LogP contribution < -0.4 is 14.8 Å². The van der Waals surface area contributed by atoms with Crippen molar-refractivity contribution in [3.8, 4) is 17.6 Å². The number of rotatable bonds is 26. The zero-order valence-corrected chi connectivity index (χ0v) is 39.2. The lowest BCUT2D eigenvalue weighted by Gasteiger charge is -2.36. The smallest absolute Gasteiger partial charge is 0.360 e. The van der Waals surface area contributed by atoms with Gasteiger partial charge in [-0.1, -0.05) is 157 Å². The molecule has 69 heavy (non-hydrogen) atoms. The number of ether oxygens (including phenoxy) is 7. The minimum absolute atomic E-state index is 0.0207. The molecule has 1 atom stereocenters. The molecule has 0 saturated heterocycles. The second kappa shape index (κ2) is 25.1. The minimum atomic E-state index is -1.84. The number of esters is 1. The van der Waals surface area contributed by atoms with E-state index < -0.39 is 35.4 Å². The third-order valence-corrected chi connectivity index (χ3v) is 12.2. The zero-order chi connectivity index (χ0) is 48.3. The van der Waals surface area contributed by atoms with Crippen LogP contribution in [0, 0.1) is 11.3 Å². The van der Waals surface area contributed by atoms with Crippen molar-refractivity contribution in [1.29, 1.82) is 5.26 Å². The predicted molar refractivity (Wildman–Crippen MR) is 259 cm³/mol. The number of aliphatic carboxylic acids is 1. The minimum Gasteiger partial charge on any atom is -0.476 e. The number of anilines is 1. The molecule has 2 heterocycles. The molecule has 0 radical (unpaired) electrons. The average molecular weight is 969 g/mol. The Labute approximate surface area is 407 Å². The Morgan fingerprint density at radius 3 is 1.65 bits per heavy atom.